The highest BCUT2D eigenvalue weighted by Gasteiger charge is 2.28. The Kier molecular flexibility index (Phi) is 4.53. The van der Waals surface area contributed by atoms with Gasteiger partial charge in [0.15, 0.2) is 0 Å². The van der Waals surface area contributed by atoms with E-state index < -0.39 is 5.97 Å². The first-order chi connectivity index (χ1) is 5.41. The van der Waals surface area contributed by atoms with Crippen LogP contribution in [-0.4, -0.2) is 16.4 Å². The van der Waals surface area contributed by atoms with Crippen LogP contribution in [0.5, 0.6) is 0 Å². The second kappa shape index (κ2) is 4.65. The minimum atomic E-state index is -0.751. The zero-order chi connectivity index (χ0) is 9.78. The molecule has 1 N–H and O–H groups in total. The molecule has 0 aromatic heterocycles. The Morgan fingerprint density at radius 1 is 1.67 bits per heavy atom. The van der Waals surface area contributed by atoms with Crippen LogP contribution in [0.4, 0.5) is 0 Å². The predicted molar refractivity (Wildman–Crippen MR) is 53.5 cm³/mol. The van der Waals surface area contributed by atoms with Crippen molar-refractivity contribution < 1.29 is 9.90 Å². The first-order valence-electron chi connectivity index (χ1n) is 3.88. The molecule has 0 fully saturated rings. The summed E-state index contributed by atoms with van der Waals surface area (Å²) in [6.45, 7) is 5.57. The second-order valence-electron chi connectivity index (χ2n) is 3.44. The van der Waals surface area contributed by atoms with E-state index in [2.05, 4.69) is 15.9 Å². The predicted octanol–water partition coefficient (Wildman–Crippen LogP) is 2.68. The van der Waals surface area contributed by atoms with Crippen molar-refractivity contribution in [2.45, 2.75) is 20.8 Å². The molecule has 0 spiro atoms. The van der Waals surface area contributed by atoms with Crippen LogP contribution in [0.2, 0.25) is 0 Å². The molecule has 0 aliphatic rings. The van der Waals surface area contributed by atoms with Crippen LogP contribution in [-0.2, 0) is 4.79 Å². The van der Waals surface area contributed by atoms with Gasteiger partial charge in [0.1, 0.15) is 0 Å². The van der Waals surface area contributed by atoms with Gasteiger partial charge in [-0.05, 0) is 5.41 Å². The fraction of sp³-hybridized carbons (Fsp3) is 0.667. The SMILES string of the molecule is CC(C(=O)O)C(C)(C)/C=C/CBr. The Labute approximate surface area is 81.8 Å². The van der Waals surface area contributed by atoms with Crippen LogP contribution < -0.4 is 0 Å². The van der Waals surface area contributed by atoms with Gasteiger partial charge in [-0.25, -0.2) is 0 Å². The lowest BCUT2D eigenvalue weighted by Gasteiger charge is -2.24. The summed E-state index contributed by atoms with van der Waals surface area (Å²) < 4.78 is 0. The first-order valence-corrected chi connectivity index (χ1v) is 5.00. The average molecular weight is 235 g/mol. The van der Waals surface area contributed by atoms with Crippen molar-refractivity contribution >= 4 is 21.9 Å². The highest BCUT2D eigenvalue weighted by atomic mass is 79.9. The third-order valence-corrected chi connectivity index (χ3v) is 2.50. The van der Waals surface area contributed by atoms with E-state index in [0.717, 1.165) is 5.33 Å². The van der Waals surface area contributed by atoms with E-state index in [0.29, 0.717) is 0 Å². The molecule has 1 atom stereocenters. The molecule has 0 aromatic rings. The third kappa shape index (κ3) is 3.39. The van der Waals surface area contributed by atoms with Crippen LogP contribution in [0.3, 0.4) is 0 Å². The van der Waals surface area contributed by atoms with Gasteiger partial charge in [-0.1, -0.05) is 48.9 Å². The van der Waals surface area contributed by atoms with Gasteiger partial charge in [-0.2, -0.15) is 0 Å². The lowest BCUT2D eigenvalue weighted by molar-refractivity contribution is -0.143. The van der Waals surface area contributed by atoms with Crippen LogP contribution in [0.1, 0.15) is 20.8 Å². The average Bonchev–Trinajstić information content (AvgIpc) is 1.99. The van der Waals surface area contributed by atoms with Crippen molar-refractivity contribution in [1.82, 2.24) is 0 Å². The van der Waals surface area contributed by atoms with Crippen LogP contribution in [0.15, 0.2) is 12.2 Å². The molecule has 0 heterocycles. The molecule has 0 aromatic carbocycles. The quantitative estimate of drug-likeness (QED) is 0.600. The summed E-state index contributed by atoms with van der Waals surface area (Å²) in [5.74, 6) is -1.10. The molecule has 0 radical (unpaired) electrons. The molecule has 0 aliphatic carbocycles. The van der Waals surface area contributed by atoms with Crippen LogP contribution in [0.25, 0.3) is 0 Å². The van der Waals surface area contributed by atoms with Crippen LogP contribution in [0, 0.1) is 11.3 Å². The van der Waals surface area contributed by atoms with Gasteiger partial charge in [0.05, 0.1) is 5.92 Å². The number of hydrogen-bond acceptors (Lipinski definition) is 1. The summed E-state index contributed by atoms with van der Waals surface area (Å²) in [6, 6.07) is 0. The molecule has 3 heteroatoms. The smallest absolute Gasteiger partial charge is 0.307 e. The van der Waals surface area contributed by atoms with E-state index in [-0.39, 0.29) is 11.3 Å². The Hall–Kier alpha value is -0.310. The Bertz CT molecular complexity index is 185. The highest BCUT2D eigenvalue weighted by molar-refractivity contribution is 9.09. The third-order valence-electron chi connectivity index (χ3n) is 2.12. The zero-order valence-electron chi connectivity index (χ0n) is 7.67. The number of aliphatic carboxylic acids is 1. The first kappa shape index (κ1) is 11.7. The van der Waals surface area contributed by atoms with Crippen molar-refractivity contribution in [3.63, 3.8) is 0 Å². The largest absolute Gasteiger partial charge is 0.481 e. The second-order valence-corrected chi connectivity index (χ2v) is 4.09. The van der Waals surface area contributed by atoms with Crippen molar-refractivity contribution in [3.05, 3.63) is 12.2 Å². The van der Waals surface area contributed by atoms with E-state index in [1.54, 1.807) is 6.92 Å². The standard InChI is InChI=1S/C9H15BrO2/c1-7(8(11)12)9(2,3)5-4-6-10/h4-5,7H,6H2,1-3H3,(H,11,12)/b5-4+. The fourth-order valence-corrected chi connectivity index (χ4v) is 0.998. The Morgan fingerprint density at radius 2 is 2.17 bits per heavy atom. The number of carboxylic acid groups (broad SMARTS) is 1. The lowest BCUT2D eigenvalue weighted by Crippen LogP contribution is -2.26. The van der Waals surface area contributed by atoms with E-state index in [1.807, 2.05) is 26.0 Å². The maximum absolute atomic E-state index is 10.7. The molecule has 0 rings (SSSR count). The van der Waals surface area contributed by atoms with Crippen molar-refractivity contribution in [3.8, 4) is 0 Å². The number of alkyl halides is 1. The summed E-state index contributed by atoms with van der Waals surface area (Å²) >= 11 is 3.25. The summed E-state index contributed by atoms with van der Waals surface area (Å²) in [6.07, 6.45) is 3.86. The van der Waals surface area contributed by atoms with E-state index in [4.69, 9.17) is 5.11 Å². The van der Waals surface area contributed by atoms with Gasteiger partial charge in [0.25, 0.3) is 0 Å². The van der Waals surface area contributed by atoms with Gasteiger partial charge >= 0.3 is 5.97 Å². The molecule has 2 nitrogen and oxygen atoms in total. The molecular weight excluding hydrogens is 220 g/mol. The Balaban J connectivity index is 4.38. The van der Waals surface area contributed by atoms with Crippen molar-refractivity contribution in [2.75, 3.05) is 5.33 Å². The number of hydrogen-bond donors (Lipinski definition) is 1. The van der Waals surface area contributed by atoms with E-state index in [9.17, 15) is 4.79 Å². The summed E-state index contributed by atoms with van der Waals surface area (Å²) in [4.78, 5) is 10.7. The summed E-state index contributed by atoms with van der Waals surface area (Å²) in [5.41, 5.74) is -0.278. The molecule has 0 aliphatic heterocycles. The normalized spacial score (nSPS) is 15.0. The highest BCUT2D eigenvalue weighted by Crippen LogP contribution is 2.28. The number of halogens is 1. The molecule has 0 bridgehead atoms. The molecular formula is C9H15BrO2. The number of carboxylic acids is 1. The molecule has 0 amide bonds. The maximum Gasteiger partial charge on any atom is 0.307 e. The monoisotopic (exact) mass is 234 g/mol. The van der Waals surface area contributed by atoms with Gasteiger partial charge in [0, 0.05) is 5.33 Å². The molecule has 0 saturated heterocycles. The van der Waals surface area contributed by atoms with Gasteiger partial charge in [0.2, 0.25) is 0 Å². The molecule has 70 valence electrons. The molecule has 12 heavy (non-hydrogen) atoms. The maximum atomic E-state index is 10.7. The van der Waals surface area contributed by atoms with Crippen molar-refractivity contribution in [1.29, 1.82) is 0 Å². The van der Waals surface area contributed by atoms with Gasteiger partial charge in [-0.3, -0.25) is 4.79 Å². The van der Waals surface area contributed by atoms with Gasteiger partial charge in [-0.15, -0.1) is 0 Å². The Morgan fingerprint density at radius 3 is 2.50 bits per heavy atom. The minimum absolute atomic E-state index is 0.278. The van der Waals surface area contributed by atoms with E-state index >= 15 is 0 Å². The van der Waals surface area contributed by atoms with Crippen LogP contribution >= 0.6 is 15.9 Å². The number of allylic oxidation sites excluding steroid dienone is 2. The van der Waals surface area contributed by atoms with E-state index in [1.165, 1.54) is 0 Å². The van der Waals surface area contributed by atoms with Gasteiger partial charge < -0.3 is 5.11 Å². The fourth-order valence-electron chi connectivity index (χ4n) is 0.811. The summed E-state index contributed by atoms with van der Waals surface area (Å²) in [5, 5.41) is 9.54. The molecule has 0 saturated carbocycles. The lowest BCUT2D eigenvalue weighted by atomic mass is 9.80. The zero-order valence-corrected chi connectivity index (χ0v) is 9.26. The topological polar surface area (TPSA) is 37.3 Å². The van der Waals surface area contributed by atoms with Crippen molar-refractivity contribution in [2.24, 2.45) is 11.3 Å². The minimum Gasteiger partial charge on any atom is -0.481 e. The number of rotatable bonds is 4. The number of carbonyl (C=O) groups is 1. The molecule has 1 unspecified atom stereocenters. The summed E-state index contributed by atoms with van der Waals surface area (Å²) in [7, 11) is 0.